The Balaban J connectivity index is 1.95. The summed E-state index contributed by atoms with van der Waals surface area (Å²) in [5.41, 5.74) is 0.878. The van der Waals surface area contributed by atoms with Gasteiger partial charge in [0.15, 0.2) is 0 Å². The molecule has 0 aliphatic carbocycles. The molecule has 0 saturated heterocycles. The van der Waals surface area contributed by atoms with Crippen LogP contribution in [0.25, 0.3) is 0 Å². The zero-order valence-electron chi connectivity index (χ0n) is 7.50. The number of benzene rings is 1. The SMILES string of the molecule is Fc1ccc(NCc2ncc[nH]2)cc1. The van der Waals surface area contributed by atoms with Gasteiger partial charge >= 0.3 is 0 Å². The van der Waals surface area contributed by atoms with Crippen LogP contribution < -0.4 is 5.32 Å². The van der Waals surface area contributed by atoms with Gasteiger partial charge in [0.1, 0.15) is 11.6 Å². The second-order valence-corrected chi connectivity index (χ2v) is 2.90. The van der Waals surface area contributed by atoms with E-state index in [0.717, 1.165) is 11.5 Å². The van der Waals surface area contributed by atoms with E-state index in [1.54, 1.807) is 24.5 Å². The first kappa shape index (κ1) is 8.74. The number of aromatic nitrogens is 2. The van der Waals surface area contributed by atoms with E-state index in [4.69, 9.17) is 0 Å². The molecule has 14 heavy (non-hydrogen) atoms. The number of H-pyrrole nitrogens is 1. The number of hydrogen-bond donors (Lipinski definition) is 2. The van der Waals surface area contributed by atoms with Crippen LogP contribution in [0.5, 0.6) is 0 Å². The number of halogens is 1. The molecule has 2 rings (SSSR count). The maximum absolute atomic E-state index is 12.6. The van der Waals surface area contributed by atoms with Gasteiger partial charge in [0, 0.05) is 18.1 Å². The van der Waals surface area contributed by atoms with Crippen LogP contribution in [0.2, 0.25) is 0 Å². The summed E-state index contributed by atoms with van der Waals surface area (Å²) in [6.07, 6.45) is 3.46. The third kappa shape index (κ3) is 2.10. The van der Waals surface area contributed by atoms with Gasteiger partial charge in [-0.1, -0.05) is 0 Å². The van der Waals surface area contributed by atoms with Crippen molar-refractivity contribution in [2.75, 3.05) is 5.32 Å². The lowest BCUT2D eigenvalue weighted by Gasteiger charge is -2.03. The largest absolute Gasteiger partial charge is 0.378 e. The fourth-order valence-corrected chi connectivity index (χ4v) is 1.15. The average molecular weight is 191 g/mol. The Hall–Kier alpha value is -1.84. The van der Waals surface area contributed by atoms with Crippen LogP contribution in [0, 0.1) is 5.82 Å². The lowest BCUT2D eigenvalue weighted by atomic mass is 10.3. The normalized spacial score (nSPS) is 10.1. The van der Waals surface area contributed by atoms with E-state index >= 15 is 0 Å². The number of aromatic amines is 1. The van der Waals surface area contributed by atoms with Gasteiger partial charge < -0.3 is 10.3 Å². The van der Waals surface area contributed by atoms with E-state index in [-0.39, 0.29) is 5.82 Å². The third-order valence-electron chi connectivity index (χ3n) is 1.86. The predicted octanol–water partition coefficient (Wildman–Crippen LogP) is 2.16. The maximum atomic E-state index is 12.6. The summed E-state index contributed by atoms with van der Waals surface area (Å²) >= 11 is 0. The molecule has 1 heterocycles. The van der Waals surface area contributed by atoms with E-state index in [1.165, 1.54) is 12.1 Å². The van der Waals surface area contributed by atoms with Crippen LogP contribution in [0.15, 0.2) is 36.7 Å². The quantitative estimate of drug-likeness (QED) is 0.780. The van der Waals surface area contributed by atoms with E-state index < -0.39 is 0 Å². The first-order valence-corrected chi connectivity index (χ1v) is 4.32. The van der Waals surface area contributed by atoms with Crippen LogP contribution in [0.3, 0.4) is 0 Å². The summed E-state index contributed by atoms with van der Waals surface area (Å²) in [6, 6.07) is 6.23. The molecule has 0 aliphatic heterocycles. The smallest absolute Gasteiger partial charge is 0.125 e. The highest BCUT2D eigenvalue weighted by Gasteiger charge is 1.95. The van der Waals surface area contributed by atoms with E-state index in [0.29, 0.717) is 6.54 Å². The van der Waals surface area contributed by atoms with Crippen molar-refractivity contribution < 1.29 is 4.39 Å². The van der Waals surface area contributed by atoms with Crippen LogP contribution >= 0.6 is 0 Å². The molecular weight excluding hydrogens is 181 g/mol. The highest BCUT2D eigenvalue weighted by atomic mass is 19.1. The molecule has 2 aromatic rings. The Kier molecular flexibility index (Phi) is 2.44. The fraction of sp³-hybridized carbons (Fsp3) is 0.100. The molecule has 0 spiro atoms. The number of nitrogens with zero attached hydrogens (tertiary/aromatic N) is 1. The van der Waals surface area contributed by atoms with Gasteiger partial charge in [-0.25, -0.2) is 9.37 Å². The number of nitrogens with one attached hydrogen (secondary N) is 2. The molecule has 72 valence electrons. The summed E-state index contributed by atoms with van der Waals surface area (Å²) in [7, 11) is 0. The molecule has 2 N–H and O–H groups in total. The van der Waals surface area contributed by atoms with E-state index in [2.05, 4.69) is 15.3 Å². The second-order valence-electron chi connectivity index (χ2n) is 2.90. The van der Waals surface area contributed by atoms with Gasteiger partial charge in [0.05, 0.1) is 6.54 Å². The summed E-state index contributed by atoms with van der Waals surface area (Å²) in [4.78, 5) is 7.03. The summed E-state index contributed by atoms with van der Waals surface area (Å²) < 4.78 is 12.6. The summed E-state index contributed by atoms with van der Waals surface area (Å²) in [5.74, 6) is 0.628. The van der Waals surface area contributed by atoms with E-state index in [9.17, 15) is 4.39 Å². The second kappa shape index (κ2) is 3.91. The van der Waals surface area contributed by atoms with Crippen LogP contribution in [0.4, 0.5) is 10.1 Å². The van der Waals surface area contributed by atoms with Gasteiger partial charge in [0.25, 0.3) is 0 Å². The van der Waals surface area contributed by atoms with Crippen molar-refractivity contribution in [1.29, 1.82) is 0 Å². The Morgan fingerprint density at radius 3 is 2.71 bits per heavy atom. The van der Waals surface area contributed by atoms with Crippen molar-refractivity contribution >= 4 is 5.69 Å². The first-order chi connectivity index (χ1) is 6.84. The monoisotopic (exact) mass is 191 g/mol. The number of hydrogen-bond acceptors (Lipinski definition) is 2. The predicted molar refractivity (Wildman–Crippen MR) is 52.3 cm³/mol. The molecule has 0 amide bonds. The van der Waals surface area contributed by atoms with Gasteiger partial charge in [-0.15, -0.1) is 0 Å². The van der Waals surface area contributed by atoms with Crippen molar-refractivity contribution in [3.8, 4) is 0 Å². The average Bonchev–Trinajstić information content (AvgIpc) is 2.70. The molecule has 3 nitrogen and oxygen atoms in total. The van der Waals surface area contributed by atoms with Crippen molar-refractivity contribution in [2.45, 2.75) is 6.54 Å². The topological polar surface area (TPSA) is 40.7 Å². The Bertz CT molecular complexity index is 380. The van der Waals surface area contributed by atoms with Crippen LogP contribution in [0.1, 0.15) is 5.82 Å². The molecule has 0 unspecified atom stereocenters. The first-order valence-electron chi connectivity index (χ1n) is 4.32. The van der Waals surface area contributed by atoms with Gasteiger partial charge in [-0.3, -0.25) is 0 Å². The molecule has 1 aromatic heterocycles. The number of anilines is 1. The Morgan fingerprint density at radius 1 is 1.29 bits per heavy atom. The zero-order chi connectivity index (χ0) is 9.80. The molecule has 0 aliphatic rings. The maximum Gasteiger partial charge on any atom is 0.125 e. The van der Waals surface area contributed by atoms with Crippen LogP contribution in [-0.2, 0) is 6.54 Å². The Morgan fingerprint density at radius 2 is 2.07 bits per heavy atom. The third-order valence-corrected chi connectivity index (χ3v) is 1.86. The van der Waals surface area contributed by atoms with Gasteiger partial charge in [-0.2, -0.15) is 0 Å². The van der Waals surface area contributed by atoms with E-state index in [1.807, 2.05) is 0 Å². The summed E-state index contributed by atoms with van der Waals surface area (Å²) in [5, 5.41) is 3.11. The standard InChI is InChI=1S/C10H10FN3/c11-8-1-3-9(4-2-8)14-7-10-12-5-6-13-10/h1-6,14H,7H2,(H,12,13). The minimum Gasteiger partial charge on any atom is -0.378 e. The lowest BCUT2D eigenvalue weighted by molar-refractivity contribution is 0.628. The molecule has 0 bridgehead atoms. The molecule has 0 saturated carbocycles. The molecular formula is C10H10FN3. The van der Waals surface area contributed by atoms with Crippen molar-refractivity contribution in [2.24, 2.45) is 0 Å². The van der Waals surface area contributed by atoms with Crippen molar-refractivity contribution in [3.63, 3.8) is 0 Å². The van der Waals surface area contributed by atoms with Crippen LogP contribution in [-0.4, -0.2) is 9.97 Å². The molecule has 0 radical (unpaired) electrons. The molecule has 0 atom stereocenters. The number of imidazole rings is 1. The number of rotatable bonds is 3. The molecule has 0 fully saturated rings. The Labute approximate surface area is 81.0 Å². The molecule has 4 heteroatoms. The van der Waals surface area contributed by atoms with Crippen molar-refractivity contribution in [3.05, 3.63) is 48.3 Å². The highest BCUT2D eigenvalue weighted by Crippen LogP contribution is 2.08. The van der Waals surface area contributed by atoms with Gasteiger partial charge in [-0.05, 0) is 24.3 Å². The zero-order valence-corrected chi connectivity index (χ0v) is 7.50. The molecule has 1 aromatic carbocycles. The highest BCUT2D eigenvalue weighted by molar-refractivity contribution is 5.42. The minimum absolute atomic E-state index is 0.228. The van der Waals surface area contributed by atoms with Gasteiger partial charge in [0.2, 0.25) is 0 Å². The van der Waals surface area contributed by atoms with Crippen molar-refractivity contribution in [1.82, 2.24) is 9.97 Å². The summed E-state index contributed by atoms with van der Waals surface area (Å²) in [6.45, 7) is 0.610. The fourth-order valence-electron chi connectivity index (χ4n) is 1.15. The minimum atomic E-state index is -0.228. The lowest BCUT2D eigenvalue weighted by Crippen LogP contribution is -2.00.